The van der Waals surface area contributed by atoms with E-state index in [9.17, 15) is 11.4 Å². The van der Waals surface area contributed by atoms with Crippen molar-refractivity contribution >= 4 is 39.7 Å². The van der Waals surface area contributed by atoms with Crippen LogP contribution in [0.4, 0.5) is 11.4 Å². The third kappa shape index (κ3) is 7.82. The van der Waals surface area contributed by atoms with E-state index in [4.69, 9.17) is 43.0 Å². The summed E-state index contributed by atoms with van der Waals surface area (Å²) in [4.78, 5) is 22.7. The van der Waals surface area contributed by atoms with E-state index in [1.165, 1.54) is 13.0 Å². The van der Waals surface area contributed by atoms with Crippen LogP contribution in [0.15, 0.2) is 66.6 Å². The molecule has 41 heavy (non-hydrogen) atoms. The van der Waals surface area contributed by atoms with Crippen molar-refractivity contribution in [1.82, 2.24) is 14.9 Å². The van der Waals surface area contributed by atoms with E-state index in [0.717, 1.165) is 0 Å². The van der Waals surface area contributed by atoms with Gasteiger partial charge in [-0.3, -0.25) is 14.8 Å². The zero-order valence-corrected chi connectivity index (χ0v) is 22.6. The lowest BCUT2D eigenvalue weighted by Gasteiger charge is -2.16. The molecule has 4 rings (SSSR count). The minimum atomic E-state index is -3.52. The van der Waals surface area contributed by atoms with Gasteiger partial charge in [0.05, 0.1) is 53.2 Å². The van der Waals surface area contributed by atoms with Crippen LogP contribution in [0.2, 0.25) is 5.02 Å². The molecule has 0 aliphatic rings. The number of anilines is 2. The molecule has 0 fully saturated rings. The third-order valence-electron chi connectivity index (χ3n) is 5.06. The third-order valence-corrected chi connectivity index (χ3v) is 5.32. The number of benzene rings is 2. The van der Waals surface area contributed by atoms with Gasteiger partial charge in [0.2, 0.25) is 0 Å². The molecule has 0 saturated heterocycles. The van der Waals surface area contributed by atoms with Crippen LogP contribution in [0.1, 0.15) is 52.7 Å². The molecule has 0 atom stereocenters. The number of aromatic nitrogens is 2. The Labute approximate surface area is 269 Å². The lowest BCUT2D eigenvalue weighted by Crippen LogP contribution is -2.11. The predicted molar refractivity (Wildman–Crippen MR) is 162 cm³/mol. The molecule has 2 heterocycles. The first-order valence-electron chi connectivity index (χ1n) is 20.2. The lowest BCUT2D eigenvalue weighted by atomic mass is 10.0. The van der Waals surface area contributed by atoms with Gasteiger partial charge in [0.15, 0.2) is 5.78 Å². The molecule has 2 aromatic heterocycles. The van der Waals surface area contributed by atoms with E-state index in [2.05, 4.69) is 15.3 Å². The van der Waals surface area contributed by atoms with Crippen LogP contribution in [0, 0.1) is 18.3 Å². The number of rotatable bonds is 12. The van der Waals surface area contributed by atoms with E-state index in [0.29, 0.717) is 0 Å². The van der Waals surface area contributed by atoms with Crippen molar-refractivity contribution in [1.29, 1.82) is 5.26 Å². The number of halogens is 1. The van der Waals surface area contributed by atoms with Gasteiger partial charge in [-0.05, 0) is 70.2 Å². The van der Waals surface area contributed by atoms with Crippen molar-refractivity contribution in [3.8, 4) is 17.6 Å². The van der Waals surface area contributed by atoms with Crippen molar-refractivity contribution in [3.05, 3.63) is 94.2 Å². The Morgan fingerprint density at radius 3 is 2.90 bits per heavy atom. The molecular weight excluding hydrogens is 538 g/mol. The van der Waals surface area contributed by atoms with Crippen LogP contribution in [0.3, 0.4) is 0 Å². The standard InChI is InChI=1S/C32H32ClN5O3/c1-5-40-31-17-29-27(15-22(31)14-26(39)10-7-13-38(3)4)32(23(18-34)19-35-29)37-24-11-12-30(28(33)16-24)41-20-25-9-6-8-21(2)36-25/h6-12,15-17,19H,5,13-14,20H2,1-4H3,(H,35,37)/b10-7+/i1D3,5D2,6D,8D,9D,10D,11D,12D,15D,16D,17D,19D,20D2. The molecule has 0 spiro atoms. The Morgan fingerprint density at radius 2 is 2.12 bits per heavy atom. The quantitative estimate of drug-likeness (QED) is 0.190. The first-order valence-corrected chi connectivity index (χ1v) is 12.1. The number of nitrogens with zero attached hydrogens (tertiary/aromatic N) is 4. The summed E-state index contributed by atoms with van der Waals surface area (Å²) >= 11 is 6.42. The fourth-order valence-corrected chi connectivity index (χ4v) is 3.45. The summed E-state index contributed by atoms with van der Waals surface area (Å²) in [6, 6.07) is -5.34. The van der Waals surface area contributed by atoms with Crippen molar-refractivity contribution in [2.75, 3.05) is 32.5 Å². The monoisotopic (exact) mass is 586 g/mol. The molecular formula is C32H32ClN5O3. The average Bonchev–Trinajstić information content (AvgIpc) is 3.13. The molecule has 0 aliphatic carbocycles. The predicted octanol–water partition coefficient (Wildman–Crippen LogP) is 6.41. The molecule has 0 amide bonds. The van der Waals surface area contributed by atoms with Gasteiger partial charge in [-0.2, -0.15) is 5.26 Å². The first kappa shape index (κ1) is 14.4. The highest BCUT2D eigenvalue weighted by molar-refractivity contribution is 6.32. The van der Waals surface area contributed by atoms with Crippen molar-refractivity contribution in [3.63, 3.8) is 0 Å². The van der Waals surface area contributed by atoms with Crippen LogP contribution in [0.5, 0.6) is 11.5 Å². The Bertz CT molecular complexity index is 2410. The number of nitrogens with one attached hydrogen (secondary N) is 1. The zero-order chi connectivity index (χ0) is 44.1. The summed E-state index contributed by atoms with van der Waals surface area (Å²) in [5.41, 5.74) is -4.12. The van der Waals surface area contributed by atoms with Crippen molar-refractivity contribution < 1.29 is 37.6 Å². The Kier molecular flexibility index (Phi) is 4.84. The number of carbonyl (C=O) groups is 1. The van der Waals surface area contributed by atoms with Crippen LogP contribution in [-0.2, 0) is 17.8 Å². The van der Waals surface area contributed by atoms with Crippen molar-refractivity contribution in [2.24, 2.45) is 0 Å². The maximum atomic E-state index is 13.3. The molecule has 210 valence electrons. The van der Waals surface area contributed by atoms with E-state index >= 15 is 0 Å². The summed E-state index contributed by atoms with van der Waals surface area (Å²) in [5.74, 6) is -2.81. The molecule has 1 N–H and O–H groups in total. The summed E-state index contributed by atoms with van der Waals surface area (Å²) in [6.07, 6.45) is -0.588. The number of likely N-dealkylation sites (N-methyl/N-ethyl adjacent to an activating group) is 1. The highest BCUT2D eigenvalue weighted by Crippen LogP contribution is 2.36. The average molecular weight is 587 g/mol. The molecule has 0 bridgehead atoms. The smallest absolute Gasteiger partial charge is 0.159 e. The highest BCUT2D eigenvalue weighted by atomic mass is 35.5. The Morgan fingerprint density at radius 1 is 1.27 bits per heavy atom. The van der Waals surface area contributed by atoms with Crippen LogP contribution in [0.25, 0.3) is 10.9 Å². The van der Waals surface area contributed by atoms with Gasteiger partial charge in [0.25, 0.3) is 0 Å². The Hall–Kier alpha value is -4.45. The van der Waals surface area contributed by atoms with E-state index in [-0.39, 0.29) is 12.2 Å². The van der Waals surface area contributed by atoms with E-state index < -0.39 is 148 Å². The van der Waals surface area contributed by atoms with E-state index in [1.807, 2.05) is 0 Å². The highest BCUT2D eigenvalue weighted by Gasteiger charge is 2.16. The molecule has 8 nitrogen and oxygen atoms in total. The fraction of sp³-hybridized carbons (Fsp3) is 0.250. The van der Waals surface area contributed by atoms with Gasteiger partial charge in [-0.25, -0.2) is 0 Å². The molecule has 0 saturated carbocycles. The summed E-state index contributed by atoms with van der Waals surface area (Å²) in [6.45, 7) is -8.67. The van der Waals surface area contributed by atoms with Gasteiger partial charge in [-0.15, -0.1) is 0 Å². The summed E-state index contributed by atoms with van der Waals surface area (Å²) in [7, 11) is 3.31. The number of ketones is 1. The van der Waals surface area contributed by atoms with Crippen molar-refractivity contribution in [2.45, 2.75) is 26.8 Å². The maximum absolute atomic E-state index is 13.3. The normalized spacial score (nSPS) is 18.3. The van der Waals surface area contributed by atoms with Gasteiger partial charge in [0.1, 0.15) is 24.1 Å². The maximum Gasteiger partial charge on any atom is 0.159 e. The number of aryl methyl sites for hydroxylation is 1. The minimum Gasteiger partial charge on any atom is -0.494 e. The Balaban J connectivity index is 2.01. The summed E-state index contributed by atoms with van der Waals surface area (Å²) < 4.78 is 151. The SMILES string of the molecule is [2H]/C(=C\CN(C)C)C(=O)Cc1c(OC([2H])([2H])C([2H])([2H])[2H])c([2H])c2nc([2H])c(C#N)c(Nc3c([2H])c([2H])c(OC([2H])([2H])c4nc(C)c([2H])c([2H])c4[2H])c(Cl)c3[2H])c2c1[2H]. The second-order valence-electron chi connectivity index (χ2n) is 8.42. The number of nitriles is 1. The van der Waals surface area contributed by atoms with E-state index in [1.54, 1.807) is 25.1 Å². The van der Waals surface area contributed by atoms with Gasteiger partial charge in [-0.1, -0.05) is 23.7 Å². The van der Waals surface area contributed by atoms with Crippen LogP contribution < -0.4 is 14.8 Å². The van der Waals surface area contributed by atoms with Gasteiger partial charge in [0, 0.05) is 51.6 Å². The molecule has 0 radical (unpaired) electrons. The summed E-state index contributed by atoms with van der Waals surface area (Å²) in [5, 5.41) is 11.3. The lowest BCUT2D eigenvalue weighted by molar-refractivity contribution is -0.114. The topological polar surface area (TPSA) is 100 Å². The molecule has 2 aromatic carbocycles. The first-order chi connectivity index (χ1) is 26.6. The second-order valence-corrected chi connectivity index (χ2v) is 8.80. The van der Waals surface area contributed by atoms with Crippen LogP contribution in [-0.4, -0.2) is 47.9 Å². The zero-order valence-electron chi connectivity index (χ0n) is 38.9. The molecule has 9 heteroatoms. The van der Waals surface area contributed by atoms with Gasteiger partial charge >= 0.3 is 0 Å². The largest absolute Gasteiger partial charge is 0.494 e. The van der Waals surface area contributed by atoms with Crippen LogP contribution >= 0.6 is 11.6 Å². The number of carbonyl (C=O) groups excluding carboxylic acids is 1. The number of allylic oxidation sites excluding steroid dienone is 1. The molecule has 4 aromatic rings. The number of hydrogen-bond acceptors (Lipinski definition) is 8. The number of pyridine rings is 2. The molecule has 0 unspecified atom stereocenters. The fourth-order valence-electron chi connectivity index (χ4n) is 3.27. The number of fused-ring (bicyclic) bond motifs is 1. The molecule has 0 aliphatic heterocycles. The second kappa shape index (κ2) is 13.8. The minimum absolute atomic E-state index is 0.123. The number of ether oxygens (including phenoxy) is 2. The number of hydrogen-bond donors (Lipinski definition) is 1. The van der Waals surface area contributed by atoms with Gasteiger partial charge < -0.3 is 19.7 Å².